The zero-order valence-corrected chi connectivity index (χ0v) is 19.4. The maximum absolute atomic E-state index is 13.5. The topological polar surface area (TPSA) is 105 Å². The van der Waals surface area contributed by atoms with Crippen molar-refractivity contribution in [2.24, 2.45) is 46.5 Å². The Bertz CT molecular complexity index is 752. The number of aliphatic hydroxyl groups is 1. The van der Waals surface area contributed by atoms with Crippen LogP contribution in [0.3, 0.4) is 0 Å². The van der Waals surface area contributed by atoms with Gasteiger partial charge in [0.05, 0.1) is 6.54 Å². The first-order chi connectivity index (χ1) is 15.1. The number of alkyl halides is 2. The summed E-state index contributed by atoms with van der Waals surface area (Å²) in [7, 11) is 1.78. The third-order valence-corrected chi connectivity index (χ3v) is 9.89. The fraction of sp³-hybridized carbons (Fsp3) is 0.875. The van der Waals surface area contributed by atoms with Gasteiger partial charge in [-0.3, -0.25) is 4.79 Å². The van der Waals surface area contributed by atoms with Crippen molar-refractivity contribution in [3.8, 4) is 0 Å². The summed E-state index contributed by atoms with van der Waals surface area (Å²) in [5.41, 5.74) is 12.6. The molecule has 4 fully saturated rings. The van der Waals surface area contributed by atoms with E-state index in [-0.39, 0.29) is 35.9 Å². The van der Waals surface area contributed by atoms with Crippen molar-refractivity contribution in [3.05, 3.63) is 12.4 Å². The lowest BCUT2D eigenvalue weighted by molar-refractivity contribution is -0.166. The molecule has 6 nitrogen and oxygen atoms in total. The van der Waals surface area contributed by atoms with Gasteiger partial charge in [0.25, 0.3) is 6.43 Å². The molecule has 0 heterocycles. The third kappa shape index (κ3) is 3.76. The Morgan fingerprint density at radius 3 is 2.50 bits per heavy atom. The van der Waals surface area contributed by atoms with Crippen molar-refractivity contribution in [1.29, 1.82) is 0 Å². The van der Waals surface area contributed by atoms with E-state index in [4.69, 9.17) is 11.5 Å². The molecule has 1 unspecified atom stereocenters. The molecule has 6 N–H and O–H groups in total. The second kappa shape index (κ2) is 8.51. The minimum Gasteiger partial charge on any atom is -0.403 e. The van der Waals surface area contributed by atoms with Crippen LogP contribution < -0.4 is 16.9 Å². The molecule has 0 aliphatic heterocycles. The highest BCUT2D eigenvalue weighted by Gasteiger charge is 2.62. The van der Waals surface area contributed by atoms with Crippen LogP contribution in [0.4, 0.5) is 8.78 Å². The number of carbonyl (C=O) groups is 1. The van der Waals surface area contributed by atoms with Gasteiger partial charge in [-0.05, 0) is 86.9 Å². The Balaban J connectivity index is 1.49. The van der Waals surface area contributed by atoms with E-state index in [9.17, 15) is 18.7 Å². The van der Waals surface area contributed by atoms with E-state index in [0.29, 0.717) is 37.1 Å². The van der Waals surface area contributed by atoms with E-state index in [0.717, 1.165) is 32.1 Å². The molecular formula is C24H40F2N4O2. The van der Waals surface area contributed by atoms with Crippen molar-refractivity contribution in [2.75, 3.05) is 13.6 Å². The van der Waals surface area contributed by atoms with Gasteiger partial charge in [-0.25, -0.2) is 14.2 Å². The molecule has 182 valence electrons. The van der Waals surface area contributed by atoms with Gasteiger partial charge in [0, 0.05) is 30.9 Å². The van der Waals surface area contributed by atoms with Crippen molar-refractivity contribution < 1.29 is 18.7 Å². The number of fused-ring (bicyclic) bond motifs is 5. The number of ketones is 1. The summed E-state index contributed by atoms with van der Waals surface area (Å²) in [6.45, 7) is 2.60. The monoisotopic (exact) mass is 454 g/mol. The zero-order valence-electron chi connectivity index (χ0n) is 19.4. The van der Waals surface area contributed by atoms with Gasteiger partial charge in [0.2, 0.25) is 0 Å². The summed E-state index contributed by atoms with van der Waals surface area (Å²) in [4.78, 5) is 13.2. The number of nitrogens with one attached hydrogen (secondary N) is 1. The Labute approximate surface area is 190 Å². The van der Waals surface area contributed by atoms with E-state index in [1.54, 1.807) is 18.3 Å². The summed E-state index contributed by atoms with van der Waals surface area (Å²) in [5, 5.41) is 12.2. The molecule has 8 atom stereocenters. The number of halogens is 2. The summed E-state index contributed by atoms with van der Waals surface area (Å²) in [6.07, 6.45) is 6.61. The molecule has 0 spiro atoms. The lowest BCUT2D eigenvalue weighted by Crippen LogP contribution is -2.64. The van der Waals surface area contributed by atoms with Gasteiger partial charge in [-0.1, -0.05) is 6.92 Å². The summed E-state index contributed by atoms with van der Waals surface area (Å²) >= 11 is 0. The fourth-order valence-electron chi connectivity index (χ4n) is 8.37. The second-order valence-corrected chi connectivity index (χ2v) is 11.3. The Kier molecular flexibility index (Phi) is 6.36. The van der Waals surface area contributed by atoms with Crippen LogP contribution in [0, 0.1) is 35.0 Å². The molecule has 4 aliphatic carbocycles. The fourth-order valence-corrected chi connectivity index (χ4v) is 8.37. The molecule has 4 saturated carbocycles. The van der Waals surface area contributed by atoms with Gasteiger partial charge in [0.1, 0.15) is 5.60 Å². The molecule has 8 heteroatoms. The van der Waals surface area contributed by atoms with E-state index >= 15 is 0 Å². The molecule has 0 amide bonds. The molecule has 32 heavy (non-hydrogen) atoms. The first-order valence-corrected chi connectivity index (χ1v) is 12.2. The van der Waals surface area contributed by atoms with E-state index in [1.165, 1.54) is 6.20 Å². The Hall–Kier alpha value is -1.25. The van der Waals surface area contributed by atoms with Crippen LogP contribution in [0.2, 0.25) is 0 Å². The lowest BCUT2D eigenvalue weighted by Gasteiger charge is -2.60. The van der Waals surface area contributed by atoms with Gasteiger partial charge in [0.15, 0.2) is 5.78 Å². The number of rotatable bonds is 6. The minimum absolute atomic E-state index is 0.00309. The summed E-state index contributed by atoms with van der Waals surface area (Å²) in [6, 6.07) is 0. The number of nitrogens with two attached hydrogens (primary N) is 2. The van der Waals surface area contributed by atoms with Gasteiger partial charge in [-0.15, -0.1) is 0 Å². The maximum Gasteiger partial charge on any atom is 0.266 e. The average molecular weight is 455 g/mol. The first kappa shape index (κ1) is 23.9. The number of hydrazine groups is 1. The molecule has 0 saturated heterocycles. The largest absolute Gasteiger partial charge is 0.403 e. The van der Waals surface area contributed by atoms with Gasteiger partial charge >= 0.3 is 0 Å². The zero-order chi connectivity index (χ0) is 23.3. The van der Waals surface area contributed by atoms with Crippen LogP contribution in [0.1, 0.15) is 64.7 Å². The molecular weight excluding hydrogens is 414 g/mol. The molecule has 0 aromatic carbocycles. The molecule has 0 aromatic rings. The highest BCUT2D eigenvalue weighted by atomic mass is 19.3. The molecule has 4 rings (SSSR count). The summed E-state index contributed by atoms with van der Waals surface area (Å²) in [5.74, 6) is 1.87. The molecule has 4 aliphatic rings. The van der Waals surface area contributed by atoms with Crippen molar-refractivity contribution >= 4 is 5.78 Å². The normalized spacial score (nSPS) is 46.0. The van der Waals surface area contributed by atoms with Crippen LogP contribution in [-0.4, -0.2) is 47.1 Å². The Morgan fingerprint density at radius 2 is 1.84 bits per heavy atom. The quantitative estimate of drug-likeness (QED) is 0.460. The second-order valence-electron chi connectivity index (χ2n) is 11.3. The van der Waals surface area contributed by atoms with Crippen LogP contribution in [0.15, 0.2) is 12.4 Å². The standard InChI is InChI=1S/C24H40F2N4O2/c1-22-8-5-16-15(6-9-23(28)14-24(32,21(25)26)10-7-18(16)23)17(22)3-4-19(22)20(31)13-30(29-2)12-11-27/h11-12,15-19,21,29,32H,3-10,13-14,27-28H2,1-2H3/b12-11-/t15-,16+,17+,18-,19-,22?,23+,24-/m1/s1. The van der Waals surface area contributed by atoms with Crippen LogP contribution >= 0.6 is 0 Å². The third-order valence-electron chi connectivity index (χ3n) is 9.89. The summed E-state index contributed by atoms with van der Waals surface area (Å²) < 4.78 is 27.0. The first-order valence-electron chi connectivity index (χ1n) is 12.2. The smallest absolute Gasteiger partial charge is 0.266 e. The maximum atomic E-state index is 13.5. The number of hydrogen-bond donors (Lipinski definition) is 4. The number of nitrogens with zero attached hydrogens (tertiary/aromatic N) is 1. The number of Topliss-reactive ketones (excluding diaryl/α,β-unsaturated/α-hetero) is 1. The van der Waals surface area contributed by atoms with Crippen LogP contribution in [0.25, 0.3) is 0 Å². The van der Waals surface area contributed by atoms with E-state index in [2.05, 4.69) is 12.3 Å². The minimum atomic E-state index is -2.75. The van der Waals surface area contributed by atoms with Crippen molar-refractivity contribution in [3.63, 3.8) is 0 Å². The lowest BCUT2D eigenvalue weighted by atomic mass is 9.47. The van der Waals surface area contributed by atoms with Crippen LogP contribution in [-0.2, 0) is 4.79 Å². The molecule has 0 radical (unpaired) electrons. The molecule has 0 aromatic heterocycles. The van der Waals surface area contributed by atoms with E-state index in [1.807, 2.05) is 0 Å². The average Bonchev–Trinajstić information content (AvgIpc) is 3.09. The highest BCUT2D eigenvalue weighted by Crippen LogP contribution is 2.65. The van der Waals surface area contributed by atoms with Crippen LogP contribution in [0.5, 0.6) is 0 Å². The number of carbonyl (C=O) groups excluding carboxylic acids is 1. The number of hydrogen-bond acceptors (Lipinski definition) is 6. The van der Waals surface area contributed by atoms with Crippen molar-refractivity contribution in [1.82, 2.24) is 10.4 Å². The SMILES string of the molecule is CNN(/C=C\N)CC(=O)[C@H]1CC[C@H]2[C@@H]3CC[C@]4(N)C[C@@](O)(C(F)F)CC[C@@H]4[C@H]3CCC12C. The predicted octanol–water partition coefficient (Wildman–Crippen LogP) is 2.77. The van der Waals surface area contributed by atoms with Gasteiger partial charge < -0.3 is 21.6 Å². The van der Waals surface area contributed by atoms with E-state index < -0.39 is 17.6 Å². The Morgan fingerprint density at radius 1 is 1.16 bits per heavy atom. The highest BCUT2D eigenvalue weighted by molar-refractivity contribution is 5.84. The van der Waals surface area contributed by atoms with Crippen molar-refractivity contribution in [2.45, 2.75) is 82.3 Å². The van der Waals surface area contributed by atoms with Gasteiger partial charge in [-0.2, -0.15) is 0 Å². The molecule has 0 bridgehead atoms. The predicted molar refractivity (Wildman–Crippen MR) is 119 cm³/mol.